The number of halogens is 1. The second-order valence-corrected chi connectivity index (χ2v) is 4.68. The highest BCUT2D eigenvalue weighted by Crippen LogP contribution is 2.29. The molecule has 0 saturated carbocycles. The van der Waals surface area contributed by atoms with Gasteiger partial charge in [-0.3, -0.25) is 10.1 Å². The third-order valence-electron chi connectivity index (χ3n) is 2.47. The molecule has 2 rings (SSSR count). The van der Waals surface area contributed by atoms with Crippen LogP contribution in [0.1, 0.15) is 5.56 Å². The highest BCUT2D eigenvalue weighted by molar-refractivity contribution is 9.10. The Labute approximate surface area is 117 Å². The zero-order valence-corrected chi connectivity index (χ0v) is 11.3. The maximum absolute atomic E-state index is 10.5. The lowest BCUT2D eigenvalue weighted by Crippen LogP contribution is -1.92. The van der Waals surface area contributed by atoms with Gasteiger partial charge in [0.05, 0.1) is 11.5 Å². The maximum atomic E-state index is 10.5. The molecule has 0 aromatic heterocycles. The van der Waals surface area contributed by atoms with E-state index in [1.54, 1.807) is 18.2 Å². The van der Waals surface area contributed by atoms with Crippen molar-refractivity contribution in [1.29, 1.82) is 0 Å². The fourth-order valence-corrected chi connectivity index (χ4v) is 1.86. The number of hydrogen-bond donors (Lipinski definition) is 1. The minimum absolute atomic E-state index is 0.00368. The van der Waals surface area contributed by atoms with Crippen LogP contribution in [-0.4, -0.2) is 10.0 Å². The van der Waals surface area contributed by atoms with Crippen LogP contribution >= 0.6 is 15.9 Å². The third kappa shape index (κ3) is 3.30. The molecule has 0 saturated heterocycles. The lowest BCUT2D eigenvalue weighted by Gasteiger charge is -2.10. The zero-order valence-electron chi connectivity index (χ0n) is 9.75. The second-order valence-electron chi connectivity index (χ2n) is 3.76. The lowest BCUT2D eigenvalue weighted by atomic mass is 10.2. The maximum Gasteiger partial charge on any atom is 0.269 e. The summed E-state index contributed by atoms with van der Waals surface area (Å²) in [5.41, 5.74) is 0.644. The van der Waals surface area contributed by atoms with Crippen LogP contribution < -0.4 is 4.74 Å². The van der Waals surface area contributed by atoms with Crippen molar-refractivity contribution >= 4 is 21.6 Å². The van der Waals surface area contributed by atoms with Crippen molar-refractivity contribution < 1.29 is 14.8 Å². The van der Waals surface area contributed by atoms with Gasteiger partial charge < -0.3 is 9.84 Å². The normalized spacial score (nSPS) is 10.2. The number of nitrogens with zero attached hydrogens (tertiary/aromatic N) is 1. The van der Waals surface area contributed by atoms with E-state index in [2.05, 4.69) is 15.9 Å². The van der Waals surface area contributed by atoms with Gasteiger partial charge >= 0.3 is 0 Å². The van der Waals surface area contributed by atoms with E-state index in [1.165, 1.54) is 24.3 Å². The highest BCUT2D eigenvalue weighted by atomic mass is 79.9. The molecule has 0 atom stereocenters. The van der Waals surface area contributed by atoms with Gasteiger partial charge in [-0.15, -0.1) is 0 Å². The number of aliphatic hydroxyl groups excluding tert-OH is 1. The predicted molar refractivity (Wildman–Crippen MR) is 73.2 cm³/mol. The van der Waals surface area contributed by atoms with E-state index in [0.717, 1.165) is 4.47 Å². The van der Waals surface area contributed by atoms with Gasteiger partial charge in [-0.2, -0.15) is 0 Å². The average molecular weight is 324 g/mol. The van der Waals surface area contributed by atoms with Crippen LogP contribution in [-0.2, 0) is 6.61 Å². The Balaban J connectivity index is 2.25. The van der Waals surface area contributed by atoms with E-state index >= 15 is 0 Å². The van der Waals surface area contributed by atoms with Crippen molar-refractivity contribution in [3.63, 3.8) is 0 Å². The summed E-state index contributed by atoms with van der Waals surface area (Å²) >= 11 is 3.32. The number of benzene rings is 2. The first-order valence-electron chi connectivity index (χ1n) is 5.42. The second kappa shape index (κ2) is 5.81. The van der Waals surface area contributed by atoms with Crippen molar-refractivity contribution in [2.24, 2.45) is 0 Å². The largest absolute Gasteiger partial charge is 0.457 e. The van der Waals surface area contributed by atoms with Gasteiger partial charge in [0.25, 0.3) is 5.69 Å². The molecule has 0 aliphatic carbocycles. The Bertz CT molecular complexity index is 598. The number of rotatable bonds is 4. The van der Waals surface area contributed by atoms with Crippen molar-refractivity contribution in [3.05, 3.63) is 62.6 Å². The number of non-ortho nitro benzene ring substituents is 1. The van der Waals surface area contributed by atoms with E-state index in [0.29, 0.717) is 17.1 Å². The van der Waals surface area contributed by atoms with Gasteiger partial charge in [-0.25, -0.2) is 0 Å². The molecule has 0 aliphatic heterocycles. The van der Waals surface area contributed by atoms with E-state index in [9.17, 15) is 15.2 Å². The van der Waals surface area contributed by atoms with E-state index < -0.39 is 4.92 Å². The van der Waals surface area contributed by atoms with Gasteiger partial charge in [-0.05, 0) is 24.3 Å². The quantitative estimate of drug-likeness (QED) is 0.688. The molecule has 19 heavy (non-hydrogen) atoms. The summed E-state index contributed by atoms with van der Waals surface area (Å²) in [6, 6.07) is 11.0. The standard InChI is InChI=1S/C13H10BrNO4/c14-10-2-1-9(8-16)13(7-10)19-12-5-3-11(4-6-12)15(17)18/h1-7,16H,8H2. The SMILES string of the molecule is O=[N+]([O-])c1ccc(Oc2cc(Br)ccc2CO)cc1. The summed E-state index contributed by atoms with van der Waals surface area (Å²) in [6.07, 6.45) is 0. The third-order valence-corrected chi connectivity index (χ3v) is 2.97. The molecule has 0 unspecified atom stereocenters. The van der Waals surface area contributed by atoms with Crippen LogP contribution in [0.4, 0.5) is 5.69 Å². The number of hydrogen-bond acceptors (Lipinski definition) is 4. The molecule has 2 aromatic rings. The topological polar surface area (TPSA) is 72.6 Å². The molecule has 0 fully saturated rings. The average Bonchev–Trinajstić information content (AvgIpc) is 2.39. The minimum atomic E-state index is -0.470. The summed E-state index contributed by atoms with van der Waals surface area (Å²) in [4.78, 5) is 10.1. The highest BCUT2D eigenvalue weighted by Gasteiger charge is 2.08. The summed E-state index contributed by atoms with van der Waals surface area (Å²) in [7, 11) is 0. The van der Waals surface area contributed by atoms with Gasteiger partial charge in [0.1, 0.15) is 11.5 Å². The van der Waals surface area contributed by atoms with Crippen LogP contribution in [0.15, 0.2) is 46.9 Å². The molecule has 2 aromatic carbocycles. The van der Waals surface area contributed by atoms with Crippen molar-refractivity contribution in [2.75, 3.05) is 0 Å². The zero-order chi connectivity index (χ0) is 13.8. The Morgan fingerprint density at radius 1 is 1.21 bits per heavy atom. The van der Waals surface area contributed by atoms with E-state index in [4.69, 9.17) is 4.74 Å². The molecular weight excluding hydrogens is 314 g/mol. The smallest absolute Gasteiger partial charge is 0.269 e. The first-order valence-corrected chi connectivity index (χ1v) is 6.21. The summed E-state index contributed by atoms with van der Waals surface area (Å²) in [5, 5.41) is 19.8. The molecule has 0 bridgehead atoms. The molecule has 0 spiro atoms. The van der Waals surface area contributed by atoms with Gasteiger partial charge in [0.2, 0.25) is 0 Å². The van der Waals surface area contributed by atoms with E-state index in [1.807, 2.05) is 0 Å². The van der Waals surface area contributed by atoms with Crippen LogP contribution in [0.25, 0.3) is 0 Å². The summed E-state index contributed by atoms with van der Waals surface area (Å²) in [6.45, 7) is -0.143. The number of ether oxygens (including phenoxy) is 1. The van der Waals surface area contributed by atoms with Crippen LogP contribution in [0.3, 0.4) is 0 Å². The Kier molecular flexibility index (Phi) is 4.13. The molecule has 0 heterocycles. The van der Waals surface area contributed by atoms with Gasteiger partial charge in [0.15, 0.2) is 0 Å². The molecule has 6 heteroatoms. The number of nitro groups is 1. The van der Waals surface area contributed by atoms with Crippen LogP contribution in [0, 0.1) is 10.1 Å². The molecular formula is C13H10BrNO4. The van der Waals surface area contributed by atoms with Crippen molar-refractivity contribution in [2.45, 2.75) is 6.61 Å². The fourth-order valence-electron chi connectivity index (χ4n) is 1.52. The molecule has 0 aliphatic rings. The number of nitro benzene ring substituents is 1. The van der Waals surface area contributed by atoms with Crippen molar-refractivity contribution in [1.82, 2.24) is 0 Å². The fraction of sp³-hybridized carbons (Fsp3) is 0.0769. The lowest BCUT2D eigenvalue weighted by molar-refractivity contribution is -0.384. The first-order chi connectivity index (χ1) is 9.10. The van der Waals surface area contributed by atoms with Gasteiger partial charge in [0, 0.05) is 22.2 Å². The first kappa shape index (κ1) is 13.5. The summed E-state index contributed by atoms with van der Waals surface area (Å²) in [5.74, 6) is 0.976. The Morgan fingerprint density at radius 2 is 1.89 bits per heavy atom. The minimum Gasteiger partial charge on any atom is -0.457 e. The molecule has 5 nitrogen and oxygen atoms in total. The van der Waals surface area contributed by atoms with E-state index in [-0.39, 0.29) is 12.3 Å². The molecule has 0 amide bonds. The number of aliphatic hydroxyl groups is 1. The van der Waals surface area contributed by atoms with Gasteiger partial charge in [-0.1, -0.05) is 22.0 Å². The predicted octanol–water partition coefficient (Wildman–Crippen LogP) is 3.64. The van der Waals surface area contributed by atoms with Crippen LogP contribution in [0.2, 0.25) is 0 Å². The monoisotopic (exact) mass is 323 g/mol. The molecule has 98 valence electrons. The van der Waals surface area contributed by atoms with Crippen molar-refractivity contribution in [3.8, 4) is 11.5 Å². The molecule has 0 radical (unpaired) electrons. The Hall–Kier alpha value is -1.92. The summed E-state index contributed by atoms with van der Waals surface area (Å²) < 4.78 is 6.42. The van der Waals surface area contributed by atoms with Crippen LogP contribution in [0.5, 0.6) is 11.5 Å². The molecule has 1 N–H and O–H groups in total. The Morgan fingerprint density at radius 3 is 2.47 bits per heavy atom.